The van der Waals surface area contributed by atoms with E-state index in [2.05, 4.69) is 5.32 Å². The molecule has 0 saturated heterocycles. The van der Waals surface area contributed by atoms with Crippen LogP contribution in [0.1, 0.15) is 23.4 Å². The van der Waals surface area contributed by atoms with Gasteiger partial charge in [-0.25, -0.2) is 0 Å². The number of carbonyl (C=O) groups is 1. The minimum Gasteiger partial charge on any atom is -0.347 e. The first kappa shape index (κ1) is 13.8. The third kappa shape index (κ3) is 3.91. The summed E-state index contributed by atoms with van der Waals surface area (Å²) in [6, 6.07) is 13.3. The number of thiophene rings is 1. The molecule has 0 bridgehead atoms. The molecule has 2 rings (SSSR count). The number of amides is 1. The molecule has 2 unspecified atom stereocenters. The number of nitrogens with one attached hydrogen (secondary N) is 1. The van der Waals surface area contributed by atoms with Gasteiger partial charge in [0.25, 0.3) is 0 Å². The molecule has 0 aliphatic heterocycles. The lowest BCUT2D eigenvalue weighted by Gasteiger charge is -2.16. The Bertz CT molecular complexity index is 510. The van der Waals surface area contributed by atoms with E-state index in [4.69, 9.17) is 5.73 Å². The average Bonchev–Trinajstić information content (AvgIpc) is 2.93. The Hall–Kier alpha value is -1.65. The van der Waals surface area contributed by atoms with Crippen LogP contribution in [0.3, 0.4) is 0 Å². The molecule has 0 fully saturated rings. The lowest BCUT2D eigenvalue weighted by Crippen LogP contribution is -2.42. The zero-order valence-electron chi connectivity index (χ0n) is 10.9. The Balaban J connectivity index is 1.89. The highest BCUT2D eigenvalue weighted by atomic mass is 32.1. The number of hydrogen-bond donors (Lipinski definition) is 2. The molecule has 4 heteroatoms. The van der Waals surface area contributed by atoms with Crippen LogP contribution in [0.15, 0.2) is 47.8 Å². The van der Waals surface area contributed by atoms with Crippen LogP contribution in [-0.2, 0) is 11.2 Å². The molecule has 3 N–H and O–H groups in total. The Labute approximate surface area is 117 Å². The van der Waals surface area contributed by atoms with Crippen LogP contribution in [0.4, 0.5) is 0 Å². The van der Waals surface area contributed by atoms with Gasteiger partial charge >= 0.3 is 0 Å². The summed E-state index contributed by atoms with van der Waals surface area (Å²) in [7, 11) is 0. The van der Waals surface area contributed by atoms with Crippen molar-refractivity contribution in [1.82, 2.24) is 5.32 Å². The van der Waals surface area contributed by atoms with Gasteiger partial charge in [-0.3, -0.25) is 4.79 Å². The summed E-state index contributed by atoms with van der Waals surface area (Å²) in [6.07, 6.45) is 0.559. The van der Waals surface area contributed by atoms with Gasteiger partial charge in [0.1, 0.15) is 0 Å². The maximum Gasteiger partial charge on any atom is 0.237 e. The van der Waals surface area contributed by atoms with Gasteiger partial charge in [0.15, 0.2) is 0 Å². The van der Waals surface area contributed by atoms with E-state index in [-0.39, 0.29) is 11.9 Å². The predicted octanol–water partition coefficient (Wildman–Crippen LogP) is 2.50. The molecule has 0 saturated carbocycles. The molecule has 0 radical (unpaired) electrons. The number of benzene rings is 1. The van der Waals surface area contributed by atoms with Crippen molar-refractivity contribution >= 4 is 17.2 Å². The third-order valence-corrected chi connectivity index (χ3v) is 4.02. The van der Waals surface area contributed by atoms with Gasteiger partial charge in [0, 0.05) is 4.88 Å². The average molecular weight is 274 g/mol. The Morgan fingerprint density at radius 1 is 1.26 bits per heavy atom. The van der Waals surface area contributed by atoms with Crippen LogP contribution >= 0.6 is 11.3 Å². The zero-order valence-corrected chi connectivity index (χ0v) is 11.7. The molecule has 1 aromatic carbocycles. The molecular weight excluding hydrogens is 256 g/mol. The van der Waals surface area contributed by atoms with Crippen molar-refractivity contribution in [2.75, 3.05) is 0 Å². The zero-order chi connectivity index (χ0) is 13.7. The Morgan fingerprint density at radius 3 is 2.63 bits per heavy atom. The molecule has 2 aromatic rings. The van der Waals surface area contributed by atoms with E-state index < -0.39 is 6.04 Å². The number of carbonyl (C=O) groups excluding carboxylic acids is 1. The van der Waals surface area contributed by atoms with Crippen molar-refractivity contribution in [3.8, 4) is 0 Å². The molecule has 1 aromatic heterocycles. The molecule has 0 aliphatic rings. The summed E-state index contributed by atoms with van der Waals surface area (Å²) >= 11 is 1.63. The Kier molecular flexibility index (Phi) is 4.71. The van der Waals surface area contributed by atoms with Gasteiger partial charge in [0.2, 0.25) is 5.91 Å². The first-order chi connectivity index (χ1) is 9.16. The van der Waals surface area contributed by atoms with Crippen molar-refractivity contribution < 1.29 is 4.79 Å². The van der Waals surface area contributed by atoms with Gasteiger partial charge in [-0.2, -0.15) is 0 Å². The predicted molar refractivity (Wildman–Crippen MR) is 79.0 cm³/mol. The van der Waals surface area contributed by atoms with Gasteiger partial charge in [0.05, 0.1) is 12.1 Å². The van der Waals surface area contributed by atoms with E-state index in [1.807, 2.05) is 54.8 Å². The first-order valence-corrected chi connectivity index (χ1v) is 7.18. The van der Waals surface area contributed by atoms with Gasteiger partial charge in [-0.1, -0.05) is 36.4 Å². The van der Waals surface area contributed by atoms with E-state index in [1.165, 1.54) is 0 Å². The SMILES string of the molecule is CC(NC(=O)C(N)Cc1ccccc1)c1cccs1. The highest BCUT2D eigenvalue weighted by Gasteiger charge is 2.17. The smallest absolute Gasteiger partial charge is 0.237 e. The van der Waals surface area contributed by atoms with Gasteiger partial charge < -0.3 is 11.1 Å². The van der Waals surface area contributed by atoms with E-state index in [9.17, 15) is 4.79 Å². The monoisotopic (exact) mass is 274 g/mol. The molecule has 19 heavy (non-hydrogen) atoms. The van der Waals surface area contributed by atoms with E-state index >= 15 is 0 Å². The van der Waals surface area contributed by atoms with Crippen molar-refractivity contribution in [3.63, 3.8) is 0 Å². The summed E-state index contributed by atoms with van der Waals surface area (Å²) in [5, 5.41) is 4.95. The molecule has 0 spiro atoms. The molecule has 2 atom stereocenters. The summed E-state index contributed by atoms with van der Waals surface area (Å²) < 4.78 is 0. The van der Waals surface area contributed by atoms with Crippen molar-refractivity contribution in [1.29, 1.82) is 0 Å². The van der Waals surface area contributed by atoms with Crippen LogP contribution in [0.25, 0.3) is 0 Å². The summed E-state index contributed by atoms with van der Waals surface area (Å²) in [4.78, 5) is 13.2. The quantitative estimate of drug-likeness (QED) is 0.880. The van der Waals surface area contributed by atoms with Gasteiger partial charge in [-0.15, -0.1) is 11.3 Å². The van der Waals surface area contributed by atoms with Crippen LogP contribution < -0.4 is 11.1 Å². The number of rotatable bonds is 5. The highest BCUT2D eigenvalue weighted by Crippen LogP contribution is 2.18. The normalized spacial score (nSPS) is 13.8. The lowest BCUT2D eigenvalue weighted by atomic mass is 10.1. The van der Waals surface area contributed by atoms with Crippen molar-refractivity contribution in [2.24, 2.45) is 5.73 Å². The minimum absolute atomic E-state index is 0.00863. The maximum atomic E-state index is 12.0. The third-order valence-electron chi connectivity index (χ3n) is 2.96. The van der Waals surface area contributed by atoms with Crippen LogP contribution in [0.2, 0.25) is 0 Å². The molecule has 3 nitrogen and oxygen atoms in total. The summed E-state index contributed by atoms with van der Waals surface area (Å²) in [6.45, 7) is 1.97. The van der Waals surface area contributed by atoms with Crippen LogP contribution in [-0.4, -0.2) is 11.9 Å². The second kappa shape index (κ2) is 6.50. The minimum atomic E-state index is -0.509. The lowest BCUT2D eigenvalue weighted by molar-refractivity contribution is -0.122. The number of hydrogen-bond acceptors (Lipinski definition) is 3. The maximum absolute atomic E-state index is 12.0. The van der Waals surface area contributed by atoms with E-state index in [1.54, 1.807) is 11.3 Å². The van der Waals surface area contributed by atoms with Crippen LogP contribution in [0, 0.1) is 0 Å². The summed E-state index contributed by atoms with van der Waals surface area (Å²) in [5.74, 6) is -0.107. The van der Waals surface area contributed by atoms with Crippen LogP contribution in [0.5, 0.6) is 0 Å². The molecule has 0 aliphatic carbocycles. The first-order valence-electron chi connectivity index (χ1n) is 6.30. The fourth-order valence-electron chi connectivity index (χ4n) is 1.89. The second-order valence-corrected chi connectivity index (χ2v) is 5.52. The molecule has 100 valence electrons. The van der Waals surface area contributed by atoms with Crippen molar-refractivity contribution in [3.05, 3.63) is 58.3 Å². The molecule has 1 heterocycles. The fourth-order valence-corrected chi connectivity index (χ4v) is 2.62. The van der Waals surface area contributed by atoms with Gasteiger partial charge in [-0.05, 0) is 30.4 Å². The Morgan fingerprint density at radius 2 is 2.00 bits per heavy atom. The topological polar surface area (TPSA) is 55.1 Å². The van der Waals surface area contributed by atoms with E-state index in [0.717, 1.165) is 10.4 Å². The largest absolute Gasteiger partial charge is 0.347 e. The fraction of sp³-hybridized carbons (Fsp3) is 0.267. The van der Waals surface area contributed by atoms with Crippen molar-refractivity contribution in [2.45, 2.75) is 25.4 Å². The molecule has 1 amide bonds. The number of nitrogens with two attached hydrogens (primary N) is 1. The summed E-state index contributed by atoms with van der Waals surface area (Å²) in [5.41, 5.74) is 7.02. The molecular formula is C15H18N2OS. The van der Waals surface area contributed by atoms with E-state index in [0.29, 0.717) is 6.42 Å². The highest BCUT2D eigenvalue weighted by molar-refractivity contribution is 7.10. The second-order valence-electron chi connectivity index (χ2n) is 4.54. The standard InChI is InChI=1S/C15H18N2OS/c1-11(14-8-5-9-19-14)17-15(18)13(16)10-12-6-3-2-4-7-12/h2-9,11,13H,10,16H2,1H3,(H,17,18).